The zero-order chi connectivity index (χ0) is 14.6. The number of nitrogens with one attached hydrogen (secondary N) is 1. The Balaban J connectivity index is 2.98. The van der Waals surface area contributed by atoms with Gasteiger partial charge in [-0.1, -0.05) is 11.6 Å². The van der Waals surface area contributed by atoms with Crippen LogP contribution < -0.4 is 10.2 Å². The fourth-order valence-corrected chi connectivity index (χ4v) is 1.43. The molecule has 0 aliphatic carbocycles. The molecule has 0 aromatic heterocycles. The van der Waals surface area contributed by atoms with Crippen molar-refractivity contribution in [1.29, 1.82) is 0 Å². The first kappa shape index (κ1) is 15.6. The molecule has 1 rings (SSSR count). The van der Waals surface area contributed by atoms with E-state index in [1.54, 1.807) is 0 Å². The number of hydrogen-bond donors (Lipinski definition) is 1. The van der Waals surface area contributed by atoms with Crippen molar-refractivity contribution in [2.75, 3.05) is 7.11 Å². The van der Waals surface area contributed by atoms with Crippen molar-refractivity contribution >= 4 is 17.5 Å². The Morgan fingerprint density at radius 3 is 2.58 bits per heavy atom. The number of alkyl halides is 3. The van der Waals surface area contributed by atoms with Crippen LogP contribution in [0.1, 0.15) is 12.5 Å². The highest BCUT2D eigenvalue weighted by molar-refractivity contribution is 6.30. The smallest absolute Gasteiger partial charge is 0.420 e. The van der Waals surface area contributed by atoms with Crippen molar-refractivity contribution in [2.24, 2.45) is 0 Å². The van der Waals surface area contributed by atoms with Crippen LogP contribution in [-0.2, 0) is 15.8 Å². The minimum atomic E-state index is -4.63. The van der Waals surface area contributed by atoms with Gasteiger partial charge in [0, 0.05) is 5.02 Å². The molecule has 0 aliphatic rings. The fourth-order valence-electron chi connectivity index (χ4n) is 1.25. The average Bonchev–Trinajstić information content (AvgIpc) is 2.30. The lowest BCUT2D eigenvalue weighted by atomic mass is 10.2. The van der Waals surface area contributed by atoms with Crippen molar-refractivity contribution in [3.8, 4) is 5.75 Å². The van der Waals surface area contributed by atoms with E-state index in [1.165, 1.54) is 20.1 Å². The van der Waals surface area contributed by atoms with Crippen LogP contribution in [0, 0.1) is 0 Å². The Hall–Kier alpha value is -1.47. The fraction of sp³-hybridized carbons (Fsp3) is 0.364. The number of benzene rings is 1. The number of carbonyl (C=O) groups excluding carboxylic acids is 1. The molecule has 19 heavy (non-hydrogen) atoms. The van der Waals surface area contributed by atoms with Gasteiger partial charge in [-0.2, -0.15) is 13.2 Å². The molecule has 0 fully saturated rings. The van der Waals surface area contributed by atoms with Crippen LogP contribution in [0.5, 0.6) is 5.75 Å². The second-order valence-corrected chi connectivity index (χ2v) is 4.01. The summed E-state index contributed by atoms with van der Waals surface area (Å²) in [5, 5.41) is -0.0753. The van der Waals surface area contributed by atoms with Crippen LogP contribution in [0.3, 0.4) is 0 Å². The molecule has 1 unspecified atom stereocenters. The highest BCUT2D eigenvalue weighted by Gasteiger charge is 2.35. The summed E-state index contributed by atoms with van der Waals surface area (Å²) >= 11 is 5.52. The third kappa shape index (κ3) is 4.29. The molecule has 1 aromatic rings. The molecule has 0 saturated carbocycles. The van der Waals surface area contributed by atoms with Crippen molar-refractivity contribution in [1.82, 2.24) is 5.48 Å². The Bertz CT molecular complexity index is 465. The van der Waals surface area contributed by atoms with E-state index in [1.807, 2.05) is 5.48 Å². The summed E-state index contributed by atoms with van der Waals surface area (Å²) in [6, 6.07) is 3.03. The summed E-state index contributed by atoms with van der Waals surface area (Å²) in [6.45, 7) is 1.29. The first-order valence-electron chi connectivity index (χ1n) is 5.12. The lowest BCUT2D eigenvalue weighted by molar-refractivity contribution is -0.143. The van der Waals surface area contributed by atoms with Gasteiger partial charge in [-0.25, -0.2) is 5.48 Å². The van der Waals surface area contributed by atoms with E-state index in [0.29, 0.717) is 0 Å². The van der Waals surface area contributed by atoms with Crippen molar-refractivity contribution in [3.63, 3.8) is 0 Å². The molecular weight excluding hydrogens is 287 g/mol. The molecule has 1 N–H and O–H groups in total. The van der Waals surface area contributed by atoms with Crippen LogP contribution in [0.25, 0.3) is 0 Å². The van der Waals surface area contributed by atoms with Gasteiger partial charge in [-0.05, 0) is 25.1 Å². The highest BCUT2D eigenvalue weighted by atomic mass is 35.5. The number of rotatable bonds is 4. The largest absolute Gasteiger partial charge is 0.480 e. The van der Waals surface area contributed by atoms with Gasteiger partial charge >= 0.3 is 6.18 Å². The van der Waals surface area contributed by atoms with Crippen molar-refractivity contribution < 1.29 is 27.5 Å². The van der Waals surface area contributed by atoms with Gasteiger partial charge in [0.25, 0.3) is 5.91 Å². The first-order valence-corrected chi connectivity index (χ1v) is 5.49. The Morgan fingerprint density at radius 2 is 2.05 bits per heavy atom. The maximum atomic E-state index is 12.8. The number of hydrogen-bond acceptors (Lipinski definition) is 3. The monoisotopic (exact) mass is 297 g/mol. The summed E-state index contributed by atoms with van der Waals surface area (Å²) < 4.78 is 43.3. The number of carbonyl (C=O) groups is 1. The molecule has 1 amide bonds. The molecule has 1 atom stereocenters. The molecule has 0 aliphatic heterocycles. The zero-order valence-electron chi connectivity index (χ0n) is 10.0. The first-order chi connectivity index (χ1) is 8.75. The van der Waals surface area contributed by atoms with E-state index in [-0.39, 0.29) is 5.02 Å². The minimum absolute atomic E-state index is 0.0753. The van der Waals surface area contributed by atoms with E-state index in [0.717, 1.165) is 12.1 Å². The average molecular weight is 298 g/mol. The van der Waals surface area contributed by atoms with Gasteiger partial charge < -0.3 is 4.74 Å². The molecule has 0 spiro atoms. The molecule has 106 valence electrons. The zero-order valence-corrected chi connectivity index (χ0v) is 10.8. The van der Waals surface area contributed by atoms with Gasteiger partial charge in [0.2, 0.25) is 0 Å². The van der Waals surface area contributed by atoms with E-state index in [4.69, 9.17) is 16.3 Å². The second-order valence-electron chi connectivity index (χ2n) is 3.57. The number of halogens is 4. The van der Waals surface area contributed by atoms with Crippen LogP contribution in [-0.4, -0.2) is 19.1 Å². The van der Waals surface area contributed by atoms with Crippen LogP contribution in [0.15, 0.2) is 18.2 Å². The van der Waals surface area contributed by atoms with Crippen molar-refractivity contribution in [3.05, 3.63) is 28.8 Å². The molecule has 0 heterocycles. The van der Waals surface area contributed by atoms with E-state index in [2.05, 4.69) is 4.84 Å². The minimum Gasteiger partial charge on any atom is -0.480 e. The standard InChI is InChI=1S/C11H11ClF3NO3/c1-6(10(17)16-18-2)19-9-4-3-7(12)5-8(9)11(13,14)15/h3-6H,1-2H3,(H,16,17). The number of hydroxylamine groups is 1. The summed E-state index contributed by atoms with van der Waals surface area (Å²) in [5.41, 5.74) is 0.919. The molecule has 0 bridgehead atoms. The molecule has 0 saturated heterocycles. The summed E-state index contributed by atoms with van der Waals surface area (Å²) in [4.78, 5) is 15.7. The van der Waals surface area contributed by atoms with Gasteiger partial charge in [-0.3, -0.25) is 9.63 Å². The van der Waals surface area contributed by atoms with Gasteiger partial charge in [0.05, 0.1) is 12.7 Å². The van der Waals surface area contributed by atoms with Gasteiger partial charge in [-0.15, -0.1) is 0 Å². The lowest BCUT2D eigenvalue weighted by Crippen LogP contribution is -2.35. The topological polar surface area (TPSA) is 47.6 Å². The maximum Gasteiger partial charge on any atom is 0.420 e. The summed E-state index contributed by atoms with van der Waals surface area (Å²) in [7, 11) is 1.20. The number of amides is 1. The summed E-state index contributed by atoms with van der Waals surface area (Å²) in [5.74, 6) is -1.18. The van der Waals surface area contributed by atoms with Gasteiger partial charge in [0.1, 0.15) is 5.75 Å². The number of ether oxygens (including phenoxy) is 1. The predicted molar refractivity (Wildman–Crippen MR) is 61.7 cm³/mol. The molecule has 1 aromatic carbocycles. The molecule has 0 radical (unpaired) electrons. The Kier molecular flexibility index (Phi) is 5.02. The van der Waals surface area contributed by atoms with Gasteiger partial charge in [0.15, 0.2) is 6.10 Å². The van der Waals surface area contributed by atoms with E-state index >= 15 is 0 Å². The lowest BCUT2D eigenvalue weighted by Gasteiger charge is -2.18. The summed E-state index contributed by atoms with van der Waals surface area (Å²) in [6.07, 6.45) is -5.78. The van der Waals surface area contributed by atoms with Crippen LogP contribution >= 0.6 is 11.6 Å². The Morgan fingerprint density at radius 1 is 1.42 bits per heavy atom. The highest BCUT2D eigenvalue weighted by Crippen LogP contribution is 2.38. The normalized spacial score (nSPS) is 12.9. The second kappa shape index (κ2) is 6.12. The molecule has 8 heteroatoms. The van der Waals surface area contributed by atoms with Crippen LogP contribution in [0.2, 0.25) is 5.02 Å². The quantitative estimate of drug-likeness (QED) is 0.869. The van der Waals surface area contributed by atoms with Crippen LogP contribution in [0.4, 0.5) is 13.2 Å². The van der Waals surface area contributed by atoms with E-state index in [9.17, 15) is 18.0 Å². The van der Waals surface area contributed by atoms with Crippen molar-refractivity contribution in [2.45, 2.75) is 19.2 Å². The molecular formula is C11H11ClF3NO3. The maximum absolute atomic E-state index is 12.8. The third-order valence-electron chi connectivity index (χ3n) is 2.12. The van der Waals surface area contributed by atoms with E-state index < -0.39 is 29.5 Å². The third-order valence-corrected chi connectivity index (χ3v) is 2.36. The predicted octanol–water partition coefficient (Wildman–Crippen LogP) is 2.80. The Labute approximate surface area is 112 Å². The molecule has 4 nitrogen and oxygen atoms in total. The SMILES string of the molecule is CONC(=O)C(C)Oc1ccc(Cl)cc1C(F)(F)F.